The molecule has 3 heteroatoms. The fourth-order valence-corrected chi connectivity index (χ4v) is 2.43. The lowest BCUT2D eigenvalue weighted by molar-refractivity contribution is -0.127. The predicted molar refractivity (Wildman–Crippen MR) is 69.8 cm³/mol. The van der Waals surface area contributed by atoms with Crippen LogP contribution >= 0.6 is 0 Å². The van der Waals surface area contributed by atoms with Crippen LogP contribution in [0.2, 0.25) is 0 Å². The molecule has 0 aromatic heterocycles. The van der Waals surface area contributed by atoms with Gasteiger partial charge in [-0.05, 0) is 37.1 Å². The minimum atomic E-state index is 0.261. The third-order valence-corrected chi connectivity index (χ3v) is 4.05. The summed E-state index contributed by atoms with van der Waals surface area (Å²) in [6.07, 6.45) is 4.53. The lowest BCUT2D eigenvalue weighted by Gasteiger charge is -2.26. The van der Waals surface area contributed by atoms with Crippen molar-refractivity contribution in [3.8, 4) is 0 Å². The summed E-state index contributed by atoms with van der Waals surface area (Å²) >= 11 is 0. The van der Waals surface area contributed by atoms with Crippen molar-refractivity contribution in [1.29, 1.82) is 0 Å². The molecular formula is C14H26N2O. The molecule has 1 atom stereocenters. The number of carbonyl (C=O) groups is 1. The van der Waals surface area contributed by atoms with Crippen LogP contribution in [-0.4, -0.2) is 36.5 Å². The summed E-state index contributed by atoms with van der Waals surface area (Å²) in [5.74, 6) is 0.891. The number of rotatable bonds is 5. The van der Waals surface area contributed by atoms with Crippen molar-refractivity contribution in [2.45, 2.75) is 52.5 Å². The minimum Gasteiger partial charge on any atom is -0.342 e. The molecule has 0 spiro atoms. The zero-order chi connectivity index (χ0) is 12.5. The normalized spacial score (nSPS) is 25.7. The standard InChI is InChI=1S/C14H26N2O/c1-14(2,3)11-9-13(17)16(10-11)8-4-7-15-12-5-6-12/h11-12,15H,4-10H2,1-3H3. The Hall–Kier alpha value is -0.570. The van der Waals surface area contributed by atoms with Gasteiger partial charge in [-0.2, -0.15) is 0 Å². The van der Waals surface area contributed by atoms with E-state index in [-0.39, 0.29) is 5.41 Å². The molecule has 17 heavy (non-hydrogen) atoms. The molecule has 1 aliphatic carbocycles. The Morgan fingerprint density at radius 2 is 2.06 bits per heavy atom. The molecule has 1 unspecified atom stereocenters. The van der Waals surface area contributed by atoms with Crippen LogP contribution in [0.3, 0.4) is 0 Å². The zero-order valence-electron chi connectivity index (χ0n) is 11.5. The van der Waals surface area contributed by atoms with Gasteiger partial charge < -0.3 is 10.2 Å². The lowest BCUT2D eigenvalue weighted by Crippen LogP contribution is -2.30. The number of nitrogens with zero attached hydrogens (tertiary/aromatic N) is 1. The average Bonchev–Trinajstić information content (AvgIpc) is 2.96. The summed E-state index contributed by atoms with van der Waals surface area (Å²) in [4.78, 5) is 13.9. The van der Waals surface area contributed by atoms with Gasteiger partial charge in [0, 0.05) is 25.6 Å². The first-order valence-corrected chi connectivity index (χ1v) is 6.98. The molecule has 1 N–H and O–H groups in total. The van der Waals surface area contributed by atoms with Crippen molar-refractivity contribution in [2.75, 3.05) is 19.6 Å². The molecule has 1 amide bonds. The van der Waals surface area contributed by atoms with Crippen LogP contribution in [0.25, 0.3) is 0 Å². The number of carbonyl (C=O) groups excluding carboxylic acids is 1. The largest absolute Gasteiger partial charge is 0.342 e. The molecule has 2 aliphatic rings. The van der Waals surface area contributed by atoms with E-state index in [0.29, 0.717) is 11.8 Å². The van der Waals surface area contributed by atoms with Crippen LogP contribution in [0.1, 0.15) is 46.5 Å². The molecular weight excluding hydrogens is 212 g/mol. The van der Waals surface area contributed by atoms with Crippen molar-refractivity contribution < 1.29 is 4.79 Å². The van der Waals surface area contributed by atoms with E-state index in [1.165, 1.54) is 12.8 Å². The van der Waals surface area contributed by atoms with Crippen molar-refractivity contribution in [3.05, 3.63) is 0 Å². The van der Waals surface area contributed by atoms with Gasteiger partial charge >= 0.3 is 0 Å². The fourth-order valence-electron chi connectivity index (χ4n) is 2.43. The molecule has 98 valence electrons. The number of amides is 1. The number of nitrogens with one attached hydrogen (secondary N) is 1. The highest BCUT2D eigenvalue weighted by atomic mass is 16.2. The van der Waals surface area contributed by atoms with Crippen LogP contribution in [-0.2, 0) is 4.79 Å². The Kier molecular flexibility index (Phi) is 3.76. The first-order chi connectivity index (χ1) is 7.97. The first kappa shape index (κ1) is 12.9. The maximum atomic E-state index is 11.9. The average molecular weight is 238 g/mol. The van der Waals surface area contributed by atoms with E-state index < -0.39 is 0 Å². The number of likely N-dealkylation sites (tertiary alicyclic amines) is 1. The Bertz CT molecular complexity index is 278. The topological polar surface area (TPSA) is 32.3 Å². The van der Waals surface area contributed by atoms with E-state index in [4.69, 9.17) is 0 Å². The monoisotopic (exact) mass is 238 g/mol. The van der Waals surface area contributed by atoms with Crippen molar-refractivity contribution in [2.24, 2.45) is 11.3 Å². The predicted octanol–water partition coefficient (Wildman–Crippen LogP) is 2.02. The van der Waals surface area contributed by atoms with Gasteiger partial charge in [-0.25, -0.2) is 0 Å². The Morgan fingerprint density at radius 3 is 2.59 bits per heavy atom. The number of hydrogen-bond donors (Lipinski definition) is 1. The quantitative estimate of drug-likeness (QED) is 0.743. The van der Waals surface area contributed by atoms with Crippen molar-refractivity contribution in [1.82, 2.24) is 10.2 Å². The summed E-state index contributed by atoms with van der Waals surface area (Å²) in [5, 5.41) is 3.50. The third-order valence-electron chi connectivity index (χ3n) is 4.05. The van der Waals surface area contributed by atoms with Gasteiger partial charge in [0.2, 0.25) is 5.91 Å². The summed E-state index contributed by atoms with van der Waals surface area (Å²) in [6, 6.07) is 0.784. The van der Waals surface area contributed by atoms with Crippen LogP contribution in [0, 0.1) is 11.3 Å². The van der Waals surface area contributed by atoms with Gasteiger partial charge in [-0.1, -0.05) is 20.8 Å². The molecule has 3 nitrogen and oxygen atoms in total. The second-order valence-corrected chi connectivity index (χ2v) is 6.69. The molecule has 2 fully saturated rings. The van der Waals surface area contributed by atoms with E-state index in [2.05, 4.69) is 31.0 Å². The highest BCUT2D eigenvalue weighted by Gasteiger charge is 2.36. The molecule has 0 bridgehead atoms. The van der Waals surface area contributed by atoms with Crippen LogP contribution in [0.15, 0.2) is 0 Å². The van der Waals surface area contributed by atoms with Crippen LogP contribution in [0.4, 0.5) is 0 Å². The molecule has 0 aromatic rings. The van der Waals surface area contributed by atoms with Gasteiger partial charge in [-0.15, -0.1) is 0 Å². The summed E-state index contributed by atoms with van der Waals surface area (Å²) in [7, 11) is 0. The molecule has 2 rings (SSSR count). The van der Waals surface area contributed by atoms with Gasteiger partial charge in [0.05, 0.1) is 0 Å². The Morgan fingerprint density at radius 1 is 1.35 bits per heavy atom. The molecule has 1 heterocycles. The minimum absolute atomic E-state index is 0.261. The van der Waals surface area contributed by atoms with E-state index in [9.17, 15) is 4.79 Å². The van der Waals surface area contributed by atoms with Gasteiger partial charge in [0.25, 0.3) is 0 Å². The maximum Gasteiger partial charge on any atom is 0.222 e. The summed E-state index contributed by atoms with van der Waals surface area (Å²) in [6.45, 7) is 9.68. The van der Waals surface area contributed by atoms with E-state index in [1.54, 1.807) is 0 Å². The smallest absolute Gasteiger partial charge is 0.222 e. The molecule has 1 aliphatic heterocycles. The van der Waals surface area contributed by atoms with Crippen molar-refractivity contribution >= 4 is 5.91 Å². The lowest BCUT2D eigenvalue weighted by atomic mass is 9.80. The van der Waals surface area contributed by atoms with Crippen LogP contribution < -0.4 is 5.32 Å². The SMILES string of the molecule is CC(C)(C)C1CC(=O)N(CCCNC2CC2)C1. The highest BCUT2D eigenvalue weighted by Crippen LogP contribution is 2.34. The molecule has 1 saturated carbocycles. The first-order valence-electron chi connectivity index (χ1n) is 6.98. The van der Waals surface area contributed by atoms with Gasteiger partial charge in [-0.3, -0.25) is 4.79 Å². The fraction of sp³-hybridized carbons (Fsp3) is 0.929. The number of hydrogen-bond acceptors (Lipinski definition) is 2. The Balaban J connectivity index is 1.68. The second-order valence-electron chi connectivity index (χ2n) is 6.69. The molecule has 0 aromatic carbocycles. The molecule has 0 radical (unpaired) electrons. The molecule has 1 saturated heterocycles. The van der Waals surface area contributed by atoms with E-state index in [1.807, 2.05) is 0 Å². The van der Waals surface area contributed by atoms with Crippen LogP contribution in [0.5, 0.6) is 0 Å². The zero-order valence-corrected chi connectivity index (χ0v) is 11.5. The summed E-state index contributed by atoms with van der Waals surface area (Å²) in [5.41, 5.74) is 0.261. The third kappa shape index (κ3) is 3.70. The second kappa shape index (κ2) is 4.97. The van der Waals surface area contributed by atoms with E-state index in [0.717, 1.165) is 38.5 Å². The van der Waals surface area contributed by atoms with Crippen molar-refractivity contribution in [3.63, 3.8) is 0 Å². The highest BCUT2D eigenvalue weighted by molar-refractivity contribution is 5.78. The maximum absolute atomic E-state index is 11.9. The van der Waals surface area contributed by atoms with Gasteiger partial charge in [0.1, 0.15) is 0 Å². The van der Waals surface area contributed by atoms with E-state index >= 15 is 0 Å². The van der Waals surface area contributed by atoms with Gasteiger partial charge in [0.15, 0.2) is 0 Å². The Labute approximate surface area is 105 Å². The summed E-state index contributed by atoms with van der Waals surface area (Å²) < 4.78 is 0.